The zero-order valence-corrected chi connectivity index (χ0v) is 10.2. The number of nitrogens with zero attached hydrogens (tertiary/aromatic N) is 1. The fraction of sp³-hybridized carbons (Fsp3) is 1.00. The lowest BCUT2D eigenvalue weighted by molar-refractivity contribution is 0.0502. The van der Waals surface area contributed by atoms with Crippen LogP contribution in [0.25, 0.3) is 0 Å². The Morgan fingerprint density at radius 3 is 2.80 bits per heavy atom. The largest absolute Gasteiger partial charge is 0.377 e. The minimum Gasteiger partial charge on any atom is -0.377 e. The second-order valence-corrected chi connectivity index (χ2v) is 4.69. The van der Waals surface area contributed by atoms with Gasteiger partial charge in [-0.1, -0.05) is 12.8 Å². The summed E-state index contributed by atoms with van der Waals surface area (Å²) in [5.41, 5.74) is 5.81. The summed E-state index contributed by atoms with van der Waals surface area (Å²) < 4.78 is 5.60. The minimum absolute atomic E-state index is 0.341. The summed E-state index contributed by atoms with van der Waals surface area (Å²) >= 11 is 0. The lowest BCUT2D eigenvalue weighted by Gasteiger charge is -2.28. The van der Waals surface area contributed by atoms with E-state index in [-0.39, 0.29) is 0 Å². The van der Waals surface area contributed by atoms with Crippen LogP contribution in [0.4, 0.5) is 0 Å². The molecule has 15 heavy (non-hydrogen) atoms. The zero-order valence-electron chi connectivity index (χ0n) is 10.2. The standard InChI is InChI=1S/C12H26N2O/c1-11(2)15-9-8-14-7-5-3-4-6-12(14)10-13/h11-12H,3-10,13H2,1-2H3. The Morgan fingerprint density at radius 1 is 1.33 bits per heavy atom. The molecule has 1 atom stereocenters. The summed E-state index contributed by atoms with van der Waals surface area (Å²) in [5.74, 6) is 0. The molecule has 1 saturated heterocycles. The molecule has 1 rings (SSSR count). The average molecular weight is 214 g/mol. The molecule has 1 aliphatic rings. The number of hydrogen-bond donors (Lipinski definition) is 1. The van der Waals surface area contributed by atoms with Gasteiger partial charge in [0, 0.05) is 19.1 Å². The van der Waals surface area contributed by atoms with Crippen molar-refractivity contribution < 1.29 is 4.74 Å². The first kappa shape index (κ1) is 12.9. The Morgan fingerprint density at radius 2 is 2.13 bits per heavy atom. The molecule has 90 valence electrons. The van der Waals surface area contributed by atoms with Gasteiger partial charge in [-0.2, -0.15) is 0 Å². The lowest BCUT2D eigenvalue weighted by Crippen LogP contribution is -2.42. The number of likely N-dealkylation sites (tertiary alicyclic amines) is 1. The van der Waals surface area contributed by atoms with E-state index in [1.165, 1.54) is 32.2 Å². The number of rotatable bonds is 5. The maximum atomic E-state index is 5.81. The second-order valence-electron chi connectivity index (χ2n) is 4.69. The van der Waals surface area contributed by atoms with Crippen molar-refractivity contribution in [2.45, 2.75) is 51.7 Å². The fourth-order valence-electron chi connectivity index (χ4n) is 2.20. The SMILES string of the molecule is CC(C)OCCN1CCCCCC1CN. The maximum Gasteiger partial charge on any atom is 0.0597 e. The molecule has 3 heteroatoms. The van der Waals surface area contributed by atoms with Crippen molar-refractivity contribution in [3.63, 3.8) is 0 Å². The normalized spacial score (nSPS) is 24.4. The number of nitrogens with two attached hydrogens (primary N) is 1. The van der Waals surface area contributed by atoms with Crippen molar-refractivity contribution in [1.29, 1.82) is 0 Å². The van der Waals surface area contributed by atoms with E-state index in [1.807, 2.05) is 0 Å². The van der Waals surface area contributed by atoms with E-state index in [0.29, 0.717) is 12.1 Å². The van der Waals surface area contributed by atoms with E-state index in [4.69, 9.17) is 10.5 Å². The van der Waals surface area contributed by atoms with Crippen LogP contribution in [0.5, 0.6) is 0 Å². The quantitative estimate of drug-likeness (QED) is 0.755. The Bertz CT molecular complexity index is 162. The first-order valence-corrected chi connectivity index (χ1v) is 6.29. The van der Waals surface area contributed by atoms with Crippen molar-refractivity contribution in [2.75, 3.05) is 26.2 Å². The molecule has 0 radical (unpaired) electrons. The Balaban J connectivity index is 2.28. The molecule has 0 bridgehead atoms. The fourth-order valence-corrected chi connectivity index (χ4v) is 2.20. The smallest absolute Gasteiger partial charge is 0.0597 e. The summed E-state index contributed by atoms with van der Waals surface area (Å²) in [6.45, 7) is 8.05. The van der Waals surface area contributed by atoms with Gasteiger partial charge in [0.1, 0.15) is 0 Å². The van der Waals surface area contributed by atoms with E-state index in [2.05, 4.69) is 18.7 Å². The van der Waals surface area contributed by atoms with E-state index in [0.717, 1.165) is 19.7 Å². The topological polar surface area (TPSA) is 38.5 Å². The molecule has 0 aromatic heterocycles. The molecule has 1 unspecified atom stereocenters. The third-order valence-corrected chi connectivity index (χ3v) is 3.10. The molecule has 1 aliphatic heterocycles. The highest BCUT2D eigenvalue weighted by Gasteiger charge is 2.18. The van der Waals surface area contributed by atoms with Crippen LogP contribution in [-0.2, 0) is 4.74 Å². The highest BCUT2D eigenvalue weighted by atomic mass is 16.5. The molecule has 0 spiro atoms. The zero-order chi connectivity index (χ0) is 11.1. The molecule has 0 aromatic rings. The summed E-state index contributed by atoms with van der Waals surface area (Å²) in [5, 5.41) is 0. The molecular formula is C12H26N2O. The molecule has 0 aliphatic carbocycles. The number of ether oxygens (including phenoxy) is 1. The van der Waals surface area contributed by atoms with Gasteiger partial charge in [0.05, 0.1) is 12.7 Å². The Kier molecular flexibility index (Phi) is 6.22. The highest BCUT2D eigenvalue weighted by Crippen LogP contribution is 2.15. The van der Waals surface area contributed by atoms with Crippen molar-refractivity contribution in [2.24, 2.45) is 5.73 Å². The molecule has 0 saturated carbocycles. The van der Waals surface area contributed by atoms with E-state index < -0.39 is 0 Å². The second kappa shape index (κ2) is 7.20. The molecule has 0 aromatic carbocycles. The van der Waals surface area contributed by atoms with Crippen LogP contribution in [-0.4, -0.2) is 43.3 Å². The van der Waals surface area contributed by atoms with Crippen molar-refractivity contribution >= 4 is 0 Å². The van der Waals surface area contributed by atoms with Gasteiger partial charge in [0.25, 0.3) is 0 Å². The van der Waals surface area contributed by atoms with Crippen LogP contribution >= 0.6 is 0 Å². The molecule has 3 nitrogen and oxygen atoms in total. The van der Waals surface area contributed by atoms with Gasteiger partial charge in [-0.05, 0) is 33.2 Å². The van der Waals surface area contributed by atoms with Crippen molar-refractivity contribution in [3.8, 4) is 0 Å². The monoisotopic (exact) mass is 214 g/mol. The van der Waals surface area contributed by atoms with Crippen molar-refractivity contribution in [1.82, 2.24) is 4.90 Å². The van der Waals surface area contributed by atoms with Crippen molar-refractivity contribution in [3.05, 3.63) is 0 Å². The van der Waals surface area contributed by atoms with Gasteiger partial charge in [0.15, 0.2) is 0 Å². The van der Waals surface area contributed by atoms with Crippen LogP contribution < -0.4 is 5.73 Å². The van der Waals surface area contributed by atoms with Gasteiger partial charge in [-0.3, -0.25) is 4.90 Å². The summed E-state index contributed by atoms with van der Waals surface area (Å²) in [7, 11) is 0. The summed E-state index contributed by atoms with van der Waals surface area (Å²) in [6.07, 6.45) is 5.62. The van der Waals surface area contributed by atoms with E-state index in [1.54, 1.807) is 0 Å². The molecule has 2 N–H and O–H groups in total. The van der Waals surface area contributed by atoms with E-state index in [9.17, 15) is 0 Å². The highest BCUT2D eigenvalue weighted by molar-refractivity contribution is 4.75. The Hall–Kier alpha value is -0.120. The van der Waals surface area contributed by atoms with Gasteiger partial charge < -0.3 is 10.5 Å². The molecule has 1 heterocycles. The van der Waals surface area contributed by atoms with E-state index >= 15 is 0 Å². The Labute approximate surface area is 94.0 Å². The maximum absolute atomic E-state index is 5.81. The van der Waals surface area contributed by atoms with Crippen LogP contribution in [0.3, 0.4) is 0 Å². The van der Waals surface area contributed by atoms with Gasteiger partial charge >= 0.3 is 0 Å². The predicted octanol–water partition coefficient (Wildman–Crippen LogP) is 1.61. The molecule has 0 amide bonds. The van der Waals surface area contributed by atoms with Crippen LogP contribution in [0.2, 0.25) is 0 Å². The van der Waals surface area contributed by atoms with Gasteiger partial charge in [-0.15, -0.1) is 0 Å². The summed E-state index contributed by atoms with van der Waals surface area (Å²) in [6, 6.07) is 0.586. The summed E-state index contributed by atoms with van der Waals surface area (Å²) in [4.78, 5) is 2.51. The number of hydrogen-bond acceptors (Lipinski definition) is 3. The third-order valence-electron chi connectivity index (χ3n) is 3.10. The minimum atomic E-state index is 0.341. The average Bonchev–Trinajstić information content (AvgIpc) is 2.42. The first-order chi connectivity index (χ1) is 7.24. The third kappa shape index (κ3) is 4.96. The molecular weight excluding hydrogens is 188 g/mol. The lowest BCUT2D eigenvalue weighted by atomic mass is 10.1. The van der Waals surface area contributed by atoms with Crippen LogP contribution in [0.1, 0.15) is 39.5 Å². The predicted molar refractivity (Wildman–Crippen MR) is 64.0 cm³/mol. The molecule has 1 fully saturated rings. The van der Waals surface area contributed by atoms with Crippen LogP contribution in [0, 0.1) is 0 Å². The van der Waals surface area contributed by atoms with Gasteiger partial charge in [-0.25, -0.2) is 0 Å². The van der Waals surface area contributed by atoms with Gasteiger partial charge in [0.2, 0.25) is 0 Å². The first-order valence-electron chi connectivity index (χ1n) is 6.29. The van der Waals surface area contributed by atoms with Crippen LogP contribution in [0.15, 0.2) is 0 Å².